The first kappa shape index (κ1) is 28.1. The lowest BCUT2D eigenvalue weighted by atomic mass is 9.87. The molecule has 7 nitrogen and oxygen atoms in total. The molecule has 0 spiro atoms. The minimum atomic E-state index is -0.468. The largest absolute Gasteiger partial charge is 0.353 e. The van der Waals surface area contributed by atoms with Gasteiger partial charge in [-0.2, -0.15) is 0 Å². The van der Waals surface area contributed by atoms with Crippen LogP contribution >= 0.6 is 11.6 Å². The Morgan fingerprint density at radius 1 is 1.25 bits per heavy atom. The van der Waals surface area contributed by atoms with Crippen molar-refractivity contribution in [2.75, 3.05) is 11.9 Å². The molecule has 0 saturated heterocycles. The van der Waals surface area contributed by atoms with Crippen LogP contribution in [0.2, 0.25) is 5.02 Å². The number of fused-ring (bicyclic) bond motifs is 1. The molecule has 0 radical (unpaired) electrons. The molecule has 36 heavy (non-hydrogen) atoms. The van der Waals surface area contributed by atoms with Crippen LogP contribution in [0.1, 0.15) is 71.9 Å². The zero-order valence-corrected chi connectivity index (χ0v) is 22.9. The van der Waals surface area contributed by atoms with E-state index in [4.69, 9.17) is 11.6 Å². The van der Waals surface area contributed by atoms with Crippen LogP contribution in [-0.2, 0) is 28.0 Å². The fraction of sp³-hybridized carbons (Fsp3) is 0.593. The zero-order chi connectivity index (χ0) is 26.7. The summed E-state index contributed by atoms with van der Waals surface area (Å²) in [5.74, 6) is -0.0190. The van der Waals surface area contributed by atoms with E-state index in [1.807, 2.05) is 52.2 Å². The second kappa shape index (κ2) is 11.3. The highest BCUT2D eigenvalue weighted by molar-refractivity contribution is 6.30. The molecule has 1 aromatic carbocycles. The molecule has 3 N–H and O–H groups in total. The third kappa shape index (κ3) is 7.07. The molecule has 1 heterocycles. The number of anilines is 1. The molecule has 9 heteroatoms. The summed E-state index contributed by atoms with van der Waals surface area (Å²) in [6.45, 7) is 12.1. The van der Waals surface area contributed by atoms with Gasteiger partial charge >= 0.3 is 0 Å². The zero-order valence-electron chi connectivity index (χ0n) is 22.2. The second-order valence-corrected chi connectivity index (χ2v) is 11.8. The van der Waals surface area contributed by atoms with Crippen molar-refractivity contribution in [1.29, 1.82) is 0 Å². The summed E-state index contributed by atoms with van der Waals surface area (Å²) in [6.07, 6.45) is 6.97. The Bertz CT molecular complexity index is 1090. The highest BCUT2D eigenvalue weighted by Gasteiger charge is 2.29. The molecule has 1 aromatic heterocycles. The lowest BCUT2D eigenvalue weighted by Gasteiger charge is -2.30. The molecule has 2 atom stereocenters. The Hall–Kier alpha value is -2.45. The van der Waals surface area contributed by atoms with E-state index >= 15 is 0 Å². The summed E-state index contributed by atoms with van der Waals surface area (Å²) in [4.78, 5) is 29.8. The van der Waals surface area contributed by atoms with Crippen LogP contribution in [0.5, 0.6) is 0 Å². The van der Waals surface area contributed by atoms with Crippen molar-refractivity contribution in [1.82, 2.24) is 20.2 Å². The molecule has 1 aliphatic rings. The van der Waals surface area contributed by atoms with Gasteiger partial charge in [-0.1, -0.05) is 45.7 Å². The Labute approximate surface area is 218 Å². The van der Waals surface area contributed by atoms with Crippen LogP contribution in [0.4, 0.5) is 10.2 Å². The van der Waals surface area contributed by atoms with Crippen molar-refractivity contribution in [3.63, 3.8) is 0 Å². The number of imidazole rings is 1. The molecule has 1 unspecified atom stereocenters. The van der Waals surface area contributed by atoms with Crippen LogP contribution < -0.4 is 16.0 Å². The minimum Gasteiger partial charge on any atom is -0.353 e. The fourth-order valence-corrected chi connectivity index (χ4v) is 4.60. The third-order valence-corrected chi connectivity index (χ3v) is 6.91. The van der Waals surface area contributed by atoms with E-state index in [-0.39, 0.29) is 23.7 Å². The van der Waals surface area contributed by atoms with E-state index in [0.717, 1.165) is 24.8 Å². The molecular weight excluding hydrogens is 481 g/mol. The summed E-state index contributed by atoms with van der Waals surface area (Å²) < 4.78 is 16.4. The molecule has 2 aromatic rings. The summed E-state index contributed by atoms with van der Waals surface area (Å²) in [5, 5.41) is 9.78. The van der Waals surface area contributed by atoms with Gasteiger partial charge in [-0.25, -0.2) is 9.37 Å². The van der Waals surface area contributed by atoms with E-state index < -0.39 is 17.0 Å². The van der Waals surface area contributed by atoms with E-state index in [1.54, 1.807) is 12.5 Å². The number of aryl methyl sites for hydroxylation is 1. The van der Waals surface area contributed by atoms with Crippen LogP contribution in [0.3, 0.4) is 0 Å². The first-order chi connectivity index (χ1) is 16.8. The summed E-state index contributed by atoms with van der Waals surface area (Å²) in [5.41, 5.74) is 0.727. The average molecular weight is 520 g/mol. The summed E-state index contributed by atoms with van der Waals surface area (Å²) in [6, 6.07) is 2.77. The van der Waals surface area contributed by atoms with Crippen molar-refractivity contribution in [3.05, 3.63) is 46.6 Å². The molecule has 1 aliphatic carbocycles. The smallest absolute Gasteiger partial charge is 0.242 e. The van der Waals surface area contributed by atoms with Gasteiger partial charge in [0.1, 0.15) is 5.82 Å². The maximum absolute atomic E-state index is 14.5. The first-order valence-corrected chi connectivity index (χ1v) is 13.0. The number of nitrogens with one attached hydrogen (secondary N) is 3. The molecule has 3 rings (SSSR count). The van der Waals surface area contributed by atoms with Gasteiger partial charge in [-0.15, -0.1) is 0 Å². The number of carbonyl (C=O) groups excluding carboxylic acids is 2. The fourth-order valence-electron chi connectivity index (χ4n) is 4.38. The standard InChI is InChI=1S/C27H39ClFN5O2/c1-7-8-22(32-19-10-9-17-11-18(28)12-21(29)20(17)13-19)24(35)33-23-14-34(16-31-23)27(5,6)15-30-25(36)26(2,3)4/h11-12,14,16,19,22,32H,7-10,13,15H2,1-6H3,(H,30,36)(H,33,35)/t19-,22?/m0/s1. The van der Waals surface area contributed by atoms with Gasteiger partial charge < -0.3 is 20.5 Å². The normalized spacial score (nSPS) is 16.8. The van der Waals surface area contributed by atoms with E-state index in [2.05, 4.69) is 20.9 Å². The average Bonchev–Trinajstić information content (AvgIpc) is 3.26. The van der Waals surface area contributed by atoms with E-state index in [9.17, 15) is 14.0 Å². The Morgan fingerprint density at radius 2 is 1.97 bits per heavy atom. The van der Waals surface area contributed by atoms with E-state index in [0.29, 0.717) is 35.8 Å². The molecule has 0 aliphatic heterocycles. The summed E-state index contributed by atoms with van der Waals surface area (Å²) in [7, 11) is 0. The maximum atomic E-state index is 14.5. The molecule has 0 bridgehead atoms. The highest BCUT2D eigenvalue weighted by Crippen LogP contribution is 2.28. The van der Waals surface area contributed by atoms with Crippen molar-refractivity contribution < 1.29 is 14.0 Å². The number of aromatic nitrogens is 2. The topological polar surface area (TPSA) is 88.0 Å². The second-order valence-electron chi connectivity index (χ2n) is 11.4. The van der Waals surface area contributed by atoms with Gasteiger partial charge in [0.2, 0.25) is 11.8 Å². The highest BCUT2D eigenvalue weighted by atomic mass is 35.5. The van der Waals surface area contributed by atoms with Crippen LogP contribution in [0.25, 0.3) is 0 Å². The van der Waals surface area contributed by atoms with Crippen LogP contribution in [0, 0.1) is 11.2 Å². The number of hydrogen-bond acceptors (Lipinski definition) is 4. The molecule has 2 amide bonds. The number of rotatable bonds is 9. The van der Waals surface area contributed by atoms with Crippen molar-refractivity contribution in [3.8, 4) is 0 Å². The predicted octanol–water partition coefficient (Wildman–Crippen LogP) is 4.83. The molecule has 0 fully saturated rings. The van der Waals surface area contributed by atoms with Crippen molar-refractivity contribution in [2.24, 2.45) is 5.41 Å². The number of nitrogens with zero attached hydrogens (tertiary/aromatic N) is 2. The Morgan fingerprint density at radius 3 is 2.64 bits per heavy atom. The summed E-state index contributed by atoms with van der Waals surface area (Å²) >= 11 is 6.01. The van der Waals surface area contributed by atoms with Gasteiger partial charge in [0.15, 0.2) is 5.82 Å². The predicted molar refractivity (Wildman–Crippen MR) is 142 cm³/mol. The van der Waals surface area contributed by atoms with E-state index in [1.165, 1.54) is 6.07 Å². The monoisotopic (exact) mass is 519 g/mol. The van der Waals surface area contributed by atoms with Gasteiger partial charge in [0.05, 0.1) is 17.9 Å². The number of halogens is 2. The number of amides is 2. The van der Waals surface area contributed by atoms with Crippen molar-refractivity contribution >= 4 is 29.2 Å². The van der Waals surface area contributed by atoms with Gasteiger partial charge in [-0.3, -0.25) is 9.59 Å². The van der Waals surface area contributed by atoms with Gasteiger partial charge in [-0.05, 0) is 62.8 Å². The Balaban J connectivity index is 1.62. The quantitative estimate of drug-likeness (QED) is 0.443. The number of hydrogen-bond donors (Lipinski definition) is 3. The third-order valence-electron chi connectivity index (χ3n) is 6.69. The van der Waals surface area contributed by atoms with Crippen LogP contribution in [0.15, 0.2) is 24.7 Å². The lowest BCUT2D eigenvalue weighted by Crippen LogP contribution is -2.48. The van der Waals surface area contributed by atoms with Gasteiger partial charge in [0.25, 0.3) is 0 Å². The molecule has 198 valence electrons. The molecule has 0 saturated carbocycles. The maximum Gasteiger partial charge on any atom is 0.242 e. The minimum absolute atomic E-state index is 0.00149. The lowest BCUT2D eigenvalue weighted by molar-refractivity contribution is -0.128. The van der Waals surface area contributed by atoms with Crippen LogP contribution in [-0.4, -0.2) is 40.0 Å². The molecular formula is C27H39ClFN5O2. The number of benzene rings is 1. The Kier molecular flexibility index (Phi) is 8.83. The first-order valence-electron chi connectivity index (χ1n) is 12.7. The van der Waals surface area contributed by atoms with Crippen molar-refractivity contribution in [2.45, 2.75) is 91.3 Å². The SMILES string of the molecule is CCCC(N[C@H]1CCc2cc(Cl)cc(F)c2C1)C(=O)Nc1cn(C(C)(C)CNC(=O)C(C)(C)C)cn1. The number of carbonyl (C=O) groups is 2. The van der Waals surface area contributed by atoms with Gasteiger partial charge in [0, 0.05) is 29.2 Å².